The first-order chi connectivity index (χ1) is 9.60. The molecule has 1 rings (SSSR count). The molecular weight excluding hydrogens is 278 g/mol. The predicted octanol–water partition coefficient (Wildman–Crippen LogP) is 0.599. The maximum absolute atomic E-state index is 12.3. The highest BCUT2D eigenvalue weighted by Gasteiger charge is 2.21. The summed E-state index contributed by atoms with van der Waals surface area (Å²) in [6.45, 7) is 1.68. The van der Waals surface area contributed by atoms with Gasteiger partial charge in [0.05, 0.1) is 5.75 Å². The molecule has 0 spiro atoms. The Hall–Kier alpha value is -1.02. The molecule has 0 atom stereocenters. The van der Waals surface area contributed by atoms with Crippen LogP contribution in [0.4, 0.5) is 0 Å². The number of pyridine rings is 1. The lowest BCUT2D eigenvalue weighted by Gasteiger charge is -2.22. The molecule has 20 heavy (non-hydrogen) atoms. The average molecular weight is 301 g/mol. The van der Waals surface area contributed by atoms with E-state index < -0.39 is 10.0 Å². The van der Waals surface area contributed by atoms with E-state index >= 15 is 0 Å². The SMILES string of the molecule is COCCCS(=O)(=O)N(CCCN)Cc1cccnc1. The number of methoxy groups -OCH3 is 1. The summed E-state index contributed by atoms with van der Waals surface area (Å²) in [4.78, 5) is 4.01. The van der Waals surface area contributed by atoms with Gasteiger partial charge in [0.15, 0.2) is 0 Å². The molecule has 1 aromatic heterocycles. The van der Waals surface area contributed by atoms with E-state index in [4.69, 9.17) is 10.5 Å². The monoisotopic (exact) mass is 301 g/mol. The van der Waals surface area contributed by atoms with E-state index in [1.807, 2.05) is 6.07 Å². The topological polar surface area (TPSA) is 85.5 Å². The van der Waals surface area contributed by atoms with E-state index in [9.17, 15) is 8.42 Å². The van der Waals surface area contributed by atoms with Crippen LogP contribution in [0.5, 0.6) is 0 Å². The lowest BCUT2D eigenvalue weighted by molar-refractivity contribution is 0.199. The molecule has 0 saturated carbocycles. The average Bonchev–Trinajstić information content (AvgIpc) is 2.44. The van der Waals surface area contributed by atoms with Crippen molar-refractivity contribution in [1.82, 2.24) is 9.29 Å². The molecule has 0 aliphatic rings. The largest absolute Gasteiger partial charge is 0.385 e. The van der Waals surface area contributed by atoms with E-state index in [-0.39, 0.29) is 5.75 Å². The number of aromatic nitrogens is 1. The molecule has 1 aromatic rings. The summed E-state index contributed by atoms with van der Waals surface area (Å²) >= 11 is 0. The molecular formula is C13H23N3O3S. The van der Waals surface area contributed by atoms with Crippen molar-refractivity contribution >= 4 is 10.0 Å². The second-order valence-electron chi connectivity index (χ2n) is 4.50. The van der Waals surface area contributed by atoms with Crippen LogP contribution in [0, 0.1) is 0 Å². The Balaban J connectivity index is 2.72. The van der Waals surface area contributed by atoms with Gasteiger partial charge in [-0.1, -0.05) is 6.07 Å². The van der Waals surface area contributed by atoms with Gasteiger partial charge in [0.2, 0.25) is 10.0 Å². The number of sulfonamides is 1. The van der Waals surface area contributed by atoms with Crippen LogP contribution in [0.15, 0.2) is 24.5 Å². The first kappa shape index (κ1) is 17.0. The van der Waals surface area contributed by atoms with Crippen LogP contribution < -0.4 is 5.73 Å². The Morgan fingerprint density at radius 3 is 2.80 bits per heavy atom. The number of hydrogen-bond donors (Lipinski definition) is 1. The molecule has 0 aromatic carbocycles. The smallest absolute Gasteiger partial charge is 0.214 e. The minimum absolute atomic E-state index is 0.0890. The molecule has 0 saturated heterocycles. The normalized spacial score (nSPS) is 11.9. The van der Waals surface area contributed by atoms with Gasteiger partial charge in [0.25, 0.3) is 0 Å². The van der Waals surface area contributed by atoms with E-state index in [0.717, 1.165) is 5.56 Å². The highest BCUT2D eigenvalue weighted by molar-refractivity contribution is 7.89. The van der Waals surface area contributed by atoms with Crippen LogP contribution in [0.2, 0.25) is 0 Å². The first-order valence-corrected chi connectivity index (χ1v) is 8.27. The van der Waals surface area contributed by atoms with Gasteiger partial charge in [-0.25, -0.2) is 8.42 Å². The van der Waals surface area contributed by atoms with Crippen LogP contribution in [-0.4, -0.2) is 50.3 Å². The maximum atomic E-state index is 12.3. The lowest BCUT2D eigenvalue weighted by Crippen LogP contribution is -2.34. The van der Waals surface area contributed by atoms with Gasteiger partial charge in [-0.3, -0.25) is 4.98 Å². The van der Waals surface area contributed by atoms with Gasteiger partial charge in [-0.2, -0.15) is 4.31 Å². The third kappa shape index (κ3) is 5.96. The fourth-order valence-corrected chi connectivity index (χ4v) is 3.29. The highest BCUT2D eigenvalue weighted by atomic mass is 32.2. The molecule has 0 aliphatic carbocycles. The summed E-state index contributed by atoms with van der Waals surface area (Å²) in [5, 5.41) is 0. The van der Waals surface area contributed by atoms with Crippen molar-refractivity contribution in [1.29, 1.82) is 0 Å². The number of nitrogens with two attached hydrogens (primary N) is 1. The zero-order valence-electron chi connectivity index (χ0n) is 11.9. The van der Waals surface area contributed by atoms with E-state index in [1.54, 1.807) is 25.6 Å². The Bertz CT molecular complexity index is 465. The predicted molar refractivity (Wildman–Crippen MR) is 78.6 cm³/mol. The van der Waals surface area contributed by atoms with Gasteiger partial charge in [-0.15, -0.1) is 0 Å². The summed E-state index contributed by atoms with van der Waals surface area (Å²) in [5.74, 6) is 0.0890. The van der Waals surface area contributed by atoms with Crippen LogP contribution >= 0.6 is 0 Å². The van der Waals surface area contributed by atoms with Gasteiger partial charge in [0.1, 0.15) is 0 Å². The van der Waals surface area contributed by atoms with Gasteiger partial charge in [-0.05, 0) is 31.0 Å². The van der Waals surface area contributed by atoms with Crippen LogP contribution in [0.1, 0.15) is 18.4 Å². The van der Waals surface area contributed by atoms with Crippen molar-refractivity contribution < 1.29 is 13.2 Å². The number of hydrogen-bond acceptors (Lipinski definition) is 5. The van der Waals surface area contributed by atoms with Crippen LogP contribution in [0.25, 0.3) is 0 Å². The third-order valence-corrected chi connectivity index (χ3v) is 4.74. The molecule has 114 valence electrons. The van der Waals surface area contributed by atoms with Gasteiger partial charge >= 0.3 is 0 Å². The number of rotatable bonds is 10. The van der Waals surface area contributed by atoms with E-state index in [0.29, 0.717) is 39.1 Å². The summed E-state index contributed by atoms with van der Waals surface area (Å²) in [5.41, 5.74) is 6.36. The van der Waals surface area contributed by atoms with Crippen molar-refractivity contribution in [2.24, 2.45) is 5.73 Å². The molecule has 0 radical (unpaired) electrons. The Labute approximate surface area is 121 Å². The van der Waals surface area contributed by atoms with Gasteiger partial charge < -0.3 is 10.5 Å². The molecule has 0 fully saturated rings. The fourth-order valence-electron chi connectivity index (χ4n) is 1.79. The van der Waals surface area contributed by atoms with Crippen molar-refractivity contribution in [3.8, 4) is 0 Å². The molecule has 1 heterocycles. The van der Waals surface area contributed by atoms with E-state index in [2.05, 4.69) is 4.98 Å². The Kier molecular flexibility index (Phi) is 7.68. The van der Waals surface area contributed by atoms with Crippen LogP contribution in [-0.2, 0) is 21.3 Å². The van der Waals surface area contributed by atoms with Crippen molar-refractivity contribution in [3.63, 3.8) is 0 Å². The molecule has 0 bridgehead atoms. The minimum Gasteiger partial charge on any atom is -0.385 e. The maximum Gasteiger partial charge on any atom is 0.214 e. The lowest BCUT2D eigenvalue weighted by atomic mass is 10.3. The Morgan fingerprint density at radius 1 is 1.40 bits per heavy atom. The van der Waals surface area contributed by atoms with Crippen LogP contribution in [0.3, 0.4) is 0 Å². The fraction of sp³-hybridized carbons (Fsp3) is 0.615. The summed E-state index contributed by atoms with van der Waals surface area (Å²) in [6.07, 6.45) is 4.48. The zero-order valence-corrected chi connectivity index (χ0v) is 12.7. The summed E-state index contributed by atoms with van der Waals surface area (Å²) in [6, 6.07) is 3.67. The van der Waals surface area contributed by atoms with Crippen molar-refractivity contribution in [3.05, 3.63) is 30.1 Å². The van der Waals surface area contributed by atoms with Crippen molar-refractivity contribution in [2.45, 2.75) is 19.4 Å². The molecule has 0 amide bonds. The minimum atomic E-state index is -3.30. The quantitative estimate of drug-likeness (QED) is 0.640. The zero-order chi connectivity index (χ0) is 14.8. The molecule has 0 unspecified atom stereocenters. The third-order valence-electron chi connectivity index (χ3n) is 2.84. The molecule has 7 heteroatoms. The van der Waals surface area contributed by atoms with E-state index in [1.165, 1.54) is 4.31 Å². The molecule has 0 aliphatic heterocycles. The van der Waals surface area contributed by atoms with Crippen molar-refractivity contribution in [2.75, 3.05) is 32.6 Å². The second kappa shape index (κ2) is 9.02. The first-order valence-electron chi connectivity index (χ1n) is 6.66. The standard InChI is InChI=1S/C13H23N3O3S/c1-19-9-4-10-20(17,18)16(8-3-6-14)12-13-5-2-7-15-11-13/h2,5,7,11H,3-4,6,8-10,12,14H2,1H3. The highest BCUT2D eigenvalue weighted by Crippen LogP contribution is 2.10. The summed E-state index contributed by atoms with van der Waals surface area (Å²) in [7, 11) is -1.73. The summed E-state index contributed by atoms with van der Waals surface area (Å²) < 4.78 is 31.0. The molecule has 6 nitrogen and oxygen atoms in total. The van der Waals surface area contributed by atoms with Gasteiger partial charge in [0, 0.05) is 39.2 Å². The number of nitrogens with zero attached hydrogens (tertiary/aromatic N) is 2. The Morgan fingerprint density at radius 2 is 2.20 bits per heavy atom. The second-order valence-corrected chi connectivity index (χ2v) is 6.59. The number of ether oxygens (including phenoxy) is 1. The molecule has 2 N–H and O–H groups in total.